The molecule has 3 nitrogen and oxygen atoms in total. The molecule has 0 saturated carbocycles. The number of nitrogens with two attached hydrogens (primary N) is 1. The van der Waals surface area contributed by atoms with Gasteiger partial charge < -0.3 is 10.5 Å². The van der Waals surface area contributed by atoms with Crippen molar-refractivity contribution in [2.45, 2.75) is 39.0 Å². The smallest absolute Gasteiger partial charge is 0.0678 e. The Hall–Kier alpha value is -0.900. The number of nitrogens with zero attached hydrogens (tertiary/aromatic N) is 1. The lowest BCUT2D eigenvalue weighted by molar-refractivity contribution is -0.0799. The minimum atomic E-state index is 0.285. The molecule has 0 aromatic heterocycles. The van der Waals surface area contributed by atoms with E-state index in [4.69, 9.17) is 10.5 Å². The summed E-state index contributed by atoms with van der Waals surface area (Å²) in [5, 5.41) is 0. The van der Waals surface area contributed by atoms with Crippen molar-refractivity contribution in [1.82, 2.24) is 4.90 Å². The summed E-state index contributed by atoms with van der Waals surface area (Å²) in [6, 6.07) is 8.96. The Morgan fingerprint density at radius 1 is 1.33 bits per heavy atom. The van der Waals surface area contributed by atoms with Gasteiger partial charge in [-0.15, -0.1) is 0 Å². The SMILES string of the molecule is Cc1cccc([C@H](CN)N2C[C@@H](C)O[C@H](C)C2)c1. The molecule has 1 aromatic carbocycles. The Morgan fingerprint density at radius 2 is 2.00 bits per heavy atom. The van der Waals surface area contributed by atoms with Crippen LogP contribution in [0.2, 0.25) is 0 Å². The zero-order valence-electron chi connectivity index (χ0n) is 11.6. The fraction of sp³-hybridized carbons (Fsp3) is 0.600. The van der Waals surface area contributed by atoms with Gasteiger partial charge in [0.2, 0.25) is 0 Å². The lowest BCUT2D eigenvalue weighted by atomic mass is 10.0. The van der Waals surface area contributed by atoms with Gasteiger partial charge in [0.1, 0.15) is 0 Å². The summed E-state index contributed by atoms with van der Waals surface area (Å²) < 4.78 is 5.79. The molecule has 1 aromatic rings. The molecule has 1 aliphatic rings. The highest BCUT2D eigenvalue weighted by molar-refractivity contribution is 5.25. The second-order valence-corrected chi connectivity index (χ2v) is 5.38. The lowest BCUT2D eigenvalue weighted by Gasteiger charge is -2.40. The normalized spacial score (nSPS) is 27.1. The summed E-state index contributed by atoms with van der Waals surface area (Å²) in [5.41, 5.74) is 8.60. The molecule has 2 rings (SSSR count). The second kappa shape index (κ2) is 5.83. The van der Waals surface area contributed by atoms with Crippen LogP contribution in [0.15, 0.2) is 24.3 Å². The first-order chi connectivity index (χ1) is 8.60. The molecule has 18 heavy (non-hydrogen) atoms. The summed E-state index contributed by atoms with van der Waals surface area (Å²) in [7, 11) is 0. The third-order valence-corrected chi connectivity index (χ3v) is 3.54. The third kappa shape index (κ3) is 3.10. The maximum atomic E-state index is 5.99. The first-order valence-electron chi connectivity index (χ1n) is 6.76. The molecule has 1 saturated heterocycles. The van der Waals surface area contributed by atoms with E-state index in [1.807, 2.05) is 0 Å². The Labute approximate surface area is 110 Å². The summed E-state index contributed by atoms with van der Waals surface area (Å²) >= 11 is 0. The topological polar surface area (TPSA) is 38.5 Å². The molecular formula is C15H24N2O. The first kappa shape index (κ1) is 13.5. The van der Waals surface area contributed by atoms with Crippen molar-refractivity contribution in [3.05, 3.63) is 35.4 Å². The monoisotopic (exact) mass is 248 g/mol. The van der Waals surface area contributed by atoms with Gasteiger partial charge in [-0.1, -0.05) is 29.8 Å². The van der Waals surface area contributed by atoms with Crippen molar-refractivity contribution in [3.63, 3.8) is 0 Å². The van der Waals surface area contributed by atoms with Crippen molar-refractivity contribution in [2.75, 3.05) is 19.6 Å². The number of benzene rings is 1. The highest BCUT2D eigenvalue weighted by Gasteiger charge is 2.28. The average Bonchev–Trinajstić information content (AvgIpc) is 2.28. The first-order valence-corrected chi connectivity index (χ1v) is 6.76. The van der Waals surface area contributed by atoms with E-state index < -0.39 is 0 Å². The maximum absolute atomic E-state index is 5.99. The van der Waals surface area contributed by atoms with Crippen molar-refractivity contribution >= 4 is 0 Å². The summed E-state index contributed by atoms with van der Waals surface area (Å²) in [4.78, 5) is 2.45. The molecule has 3 heteroatoms. The molecule has 1 aliphatic heterocycles. The standard InChI is InChI=1S/C15H24N2O/c1-11-5-4-6-14(7-11)15(8-16)17-9-12(2)18-13(3)10-17/h4-7,12-13,15H,8-10,16H2,1-3H3/t12-,13-,15+/m1/s1. The highest BCUT2D eigenvalue weighted by Crippen LogP contribution is 2.24. The van der Waals surface area contributed by atoms with E-state index in [9.17, 15) is 0 Å². The zero-order valence-corrected chi connectivity index (χ0v) is 11.6. The number of hydrogen-bond donors (Lipinski definition) is 1. The minimum Gasteiger partial charge on any atom is -0.373 e. The van der Waals surface area contributed by atoms with Crippen LogP contribution in [0.1, 0.15) is 31.0 Å². The highest BCUT2D eigenvalue weighted by atomic mass is 16.5. The van der Waals surface area contributed by atoms with Gasteiger partial charge in [0, 0.05) is 25.7 Å². The van der Waals surface area contributed by atoms with E-state index in [1.54, 1.807) is 0 Å². The van der Waals surface area contributed by atoms with E-state index in [0.717, 1.165) is 13.1 Å². The van der Waals surface area contributed by atoms with Crippen LogP contribution < -0.4 is 5.73 Å². The lowest BCUT2D eigenvalue weighted by Crippen LogP contribution is -2.48. The molecule has 0 radical (unpaired) electrons. The molecule has 0 aliphatic carbocycles. The summed E-state index contributed by atoms with van der Waals surface area (Å²) in [6.45, 7) is 8.96. The summed E-state index contributed by atoms with van der Waals surface area (Å²) in [6.07, 6.45) is 0.570. The van der Waals surface area contributed by atoms with Crippen molar-refractivity contribution in [2.24, 2.45) is 5.73 Å². The van der Waals surface area contributed by atoms with Crippen LogP contribution in [0.4, 0.5) is 0 Å². The van der Waals surface area contributed by atoms with E-state index in [0.29, 0.717) is 12.6 Å². The molecule has 0 unspecified atom stereocenters. The van der Waals surface area contributed by atoms with Crippen LogP contribution >= 0.6 is 0 Å². The van der Waals surface area contributed by atoms with Gasteiger partial charge >= 0.3 is 0 Å². The van der Waals surface area contributed by atoms with Crippen LogP contribution in [0.25, 0.3) is 0 Å². The van der Waals surface area contributed by atoms with Gasteiger partial charge in [-0.25, -0.2) is 0 Å². The van der Waals surface area contributed by atoms with Crippen LogP contribution in [-0.2, 0) is 4.74 Å². The Morgan fingerprint density at radius 3 is 2.56 bits per heavy atom. The number of aryl methyl sites for hydroxylation is 1. The third-order valence-electron chi connectivity index (χ3n) is 3.54. The predicted octanol–water partition coefficient (Wildman–Crippen LogP) is 2.10. The molecule has 0 amide bonds. The van der Waals surface area contributed by atoms with E-state index in [2.05, 4.69) is 49.9 Å². The number of morpholine rings is 1. The molecular weight excluding hydrogens is 224 g/mol. The van der Waals surface area contributed by atoms with Crippen LogP contribution in [-0.4, -0.2) is 36.7 Å². The average molecular weight is 248 g/mol. The van der Waals surface area contributed by atoms with Crippen molar-refractivity contribution < 1.29 is 4.74 Å². The second-order valence-electron chi connectivity index (χ2n) is 5.38. The fourth-order valence-corrected chi connectivity index (χ4v) is 2.85. The van der Waals surface area contributed by atoms with E-state index >= 15 is 0 Å². The predicted molar refractivity (Wildman–Crippen MR) is 74.6 cm³/mol. The number of rotatable bonds is 3. The molecule has 1 fully saturated rings. The van der Waals surface area contributed by atoms with Crippen molar-refractivity contribution in [1.29, 1.82) is 0 Å². The van der Waals surface area contributed by atoms with Gasteiger partial charge in [-0.05, 0) is 26.3 Å². The largest absolute Gasteiger partial charge is 0.373 e. The Balaban J connectivity index is 2.17. The molecule has 2 N–H and O–H groups in total. The Kier molecular flexibility index (Phi) is 4.38. The number of hydrogen-bond acceptors (Lipinski definition) is 3. The fourth-order valence-electron chi connectivity index (χ4n) is 2.85. The van der Waals surface area contributed by atoms with E-state index in [-0.39, 0.29) is 12.2 Å². The van der Waals surface area contributed by atoms with Crippen LogP contribution in [0, 0.1) is 6.92 Å². The quantitative estimate of drug-likeness (QED) is 0.890. The van der Waals surface area contributed by atoms with Gasteiger partial charge in [0.25, 0.3) is 0 Å². The van der Waals surface area contributed by atoms with Crippen LogP contribution in [0.3, 0.4) is 0 Å². The van der Waals surface area contributed by atoms with Gasteiger partial charge in [-0.2, -0.15) is 0 Å². The number of ether oxygens (including phenoxy) is 1. The van der Waals surface area contributed by atoms with Gasteiger partial charge in [0.15, 0.2) is 0 Å². The molecule has 3 atom stereocenters. The Bertz CT molecular complexity index is 384. The molecule has 0 bridgehead atoms. The molecule has 1 heterocycles. The van der Waals surface area contributed by atoms with Gasteiger partial charge in [0.05, 0.1) is 12.2 Å². The molecule has 100 valence electrons. The van der Waals surface area contributed by atoms with Gasteiger partial charge in [-0.3, -0.25) is 4.90 Å². The summed E-state index contributed by atoms with van der Waals surface area (Å²) in [5.74, 6) is 0. The maximum Gasteiger partial charge on any atom is 0.0678 e. The van der Waals surface area contributed by atoms with E-state index in [1.165, 1.54) is 11.1 Å². The van der Waals surface area contributed by atoms with Crippen LogP contribution in [0.5, 0.6) is 0 Å². The molecule has 0 spiro atoms. The van der Waals surface area contributed by atoms with Crippen molar-refractivity contribution in [3.8, 4) is 0 Å². The zero-order chi connectivity index (χ0) is 13.1. The minimum absolute atomic E-state index is 0.285.